The zero-order chi connectivity index (χ0) is 17.0. The van der Waals surface area contributed by atoms with Crippen LogP contribution < -0.4 is 16.4 Å². The van der Waals surface area contributed by atoms with Crippen LogP contribution in [0.2, 0.25) is 0 Å². The molecule has 8 heteroatoms. The Bertz CT molecular complexity index is 838. The lowest BCUT2D eigenvalue weighted by Gasteiger charge is -2.17. The molecule has 4 rings (SSSR count). The molecule has 0 radical (unpaired) electrons. The van der Waals surface area contributed by atoms with Crippen molar-refractivity contribution < 1.29 is 9.59 Å². The number of imide groups is 1. The van der Waals surface area contributed by atoms with E-state index >= 15 is 0 Å². The number of amides is 3. The fourth-order valence-corrected chi connectivity index (χ4v) is 3.12. The van der Waals surface area contributed by atoms with Crippen molar-refractivity contribution in [2.45, 2.75) is 31.3 Å². The number of carbonyl (C=O) groups excluding carboxylic acids is 2. The van der Waals surface area contributed by atoms with Gasteiger partial charge in [0.05, 0.1) is 17.4 Å². The SMILES string of the molecule is CN1C(=O)CN(c2cc(C3CC3)cc3cc(CC(N)N)nn23)C1=O. The molecule has 1 saturated carbocycles. The minimum atomic E-state index is -0.484. The molecule has 2 aromatic heterocycles. The number of hydrogen-bond acceptors (Lipinski definition) is 5. The monoisotopic (exact) mass is 328 g/mol. The van der Waals surface area contributed by atoms with Crippen molar-refractivity contribution in [3.63, 3.8) is 0 Å². The fraction of sp³-hybridized carbons (Fsp3) is 0.438. The van der Waals surface area contributed by atoms with Crippen molar-refractivity contribution in [3.05, 3.63) is 29.5 Å². The Morgan fingerprint density at radius 2 is 2.00 bits per heavy atom. The quantitative estimate of drug-likeness (QED) is 0.623. The van der Waals surface area contributed by atoms with Gasteiger partial charge in [0.25, 0.3) is 5.91 Å². The lowest BCUT2D eigenvalue weighted by atomic mass is 10.1. The molecule has 8 nitrogen and oxygen atoms in total. The second kappa shape index (κ2) is 5.29. The summed E-state index contributed by atoms with van der Waals surface area (Å²) < 4.78 is 1.70. The maximum atomic E-state index is 12.4. The van der Waals surface area contributed by atoms with Gasteiger partial charge in [-0.25, -0.2) is 9.31 Å². The van der Waals surface area contributed by atoms with Gasteiger partial charge in [-0.3, -0.25) is 14.6 Å². The molecule has 3 heterocycles. The van der Waals surface area contributed by atoms with Gasteiger partial charge in [-0.15, -0.1) is 0 Å². The van der Waals surface area contributed by atoms with Gasteiger partial charge in [-0.2, -0.15) is 5.10 Å². The van der Waals surface area contributed by atoms with Crippen LogP contribution in [0.1, 0.15) is 30.0 Å². The highest BCUT2D eigenvalue weighted by atomic mass is 16.2. The van der Waals surface area contributed by atoms with E-state index in [9.17, 15) is 9.59 Å². The smallest absolute Gasteiger partial charge is 0.316 e. The third kappa shape index (κ3) is 2.44. The molecule has 0 spiro atoms. The minimum absolute atomic E-state index is 0.0319. The fourth-order valence-electron chi connectivity index (χ4n) is 3.12. The molecule has 0 atom stereocenters. The number of likely N-dealkylation sites (N-methyl/N-ethyl adjacent to an activating group) is 1. The molecule has 0 bridgehead atoms. The number of fused-ring (bicyclic) bond motifs is 1. The molecule has 1 saturated heterocycles. The van der Waals surface area contributed by atoms with E-state index in [1.807, 2.05) is 12.1 Å². The van der Waals surface area contributed by atoms with Gasteiger partial charge in [0.1, 0.15) is 12.4 Å². The summed E-state index contributed by atoms with van der Waals surface area (Å²) in [5, 5.41) is 4.54. The summed E-state index contributed by atoms with van der Waals surface area (Å²) in [6, 6.07) is 5.66. The Morgan fingerprint density at radius 3 is 2.58 bits per heavy atom. The molecule has 2 fully saturated rings. The van der Waals surface area contributed by atoms with E-state index in [0.29, 0.717) is 18.2 Å². The zero-order valence-corrected chi connectivity index (χ0v) is 13.5. The molecule has 4 N–H and O–H groups in total. The summed E-state index contributed by atoms with van der Waals surface area (Å²) in [5.74, 6) is 0.922. The van der Waals surface area contributed by atoms with Gasteiger partial charge in [0.15, 0.2) is 0 Å². The van der Waals surface area contributed by atoms with Gasteiger partial charge < -0.3 is 11.5 Å². The minimum Gasteiger partial charge on any atom is -0.316 e. The number of rotatable bonds is 4. The number of urea groups is 1. The van der Waals surface area contributed by atoms with E-state index in [1.54, 1.807) is 4.52 Å². The molecule has 126 valence electrons. The molecular formula is C16H20N6O2. The maximum Gasteiger partial charge on any atom is 0.332 e. The van der Waals surface area contributed by atoms with Crippen LogP contribution in [0.5, 0.6) is 0 Å². The molecule has 0 aromatic carbocycles. The van der Waals surface area contributed by atoms with Crippen LogP contribution in [0.4, 0.5) is 10.6 Å². The van der Waals surface area contributed by atoms with Crippen LogP contribution in [-0.2, 0) is 11.2 Å². The number of anilines is 1. The predicted molar refractivity (Wildman–Crippen MR) is 88.5 cm³/mol. The van der Waals surface area contributed by atoms with Crippen LogP contribution in [0.3, 0.4) is 0 Å². The summed E-state index contributed by atoms with van der Waals surface area (Å²) in [5.41, 5.74) is 14.2. The lowest BCUT2D eigenvalue weighted by molar-refractivity contribution is -0.123. The van der Waals surface area contributed by atoms with Crippen molar-refractivity contribution in [2.24, 2.45) is 11.5 Å². The van der Waals surface area contributed by atoms with Crippen molar-refractivity contribution in [1.82, 2.24) is 14.5 Å². The van der Waals surface area contributed by atoms with Crippen LogP contribution in [-0.4, -0.2) is 46.2 Å². The summed E-state index contributed by atoms with van der Waals surface area (Å²) >= 11 is 0. The van der Waals surface area contributed by atoms with E-state index in [4.69, 9.17) is 11.5 Å². The van der Waals surface area contributed by atoms with Gasteiger partial charge in [0.2, 0.25) is 0 Å². The molecule has 1 aliphatic carbocycles. The highest BCUT2D eigenvalue weighted by Crippen LogP contribution is 2.42. The highest BCUT2D eigenvalue weighted by Gasteiger charge is 2.36. The first-order chi connectivity index (χ1) is 11.4. The molecule has 3 amide bonds. The first-order valence-electron chi connectivity index (χ1n) is 8.06. The molecule has 24 heavy (non-hydrogen) atoms. The Kier molecular flexibility index (Phi) is 3.33. The van der Waals surface area contributed by atoms with Crippen LogP contribution in [0, 0.1) is 0 Å². The topological polar surface area (TPSA) is 110 Å². The van der Waals surface area contributed by atoms with Crippen molar-refractivity contribution in [3.8, 4) is 0 Å². The summed E-state index contributed by atoms with van der Waals surface area (Å²) in [4.78, 5) is 26.9. The van der Waals surface area contributed by atoms with Gasteiger partial charge >= 0.3 is 6.03 Å². The van der Waals surface area contributed by atoms with E-state index in [2.05, 4.69) is 11.2 Å². The number of nitrogens with zero attached hydrogens (tertiary/aromatic N) is 4. The van der Waals surface area contributed by atoms with Gasteiger partial charge in [0, 0.05) is 13.5 Å². The second-order valence-corrected chi connectivity index (χ2v) is 6.58. The second-order valence-electron chi connectivity index (χ2n) is 6.58. The lowest BCUT2D eigenvalue weighted by Crippen LogP contribution is -2.33. The molecule has 2 aromatic rings. The molecular weight excluding hydrogens is 308 g/mol. The Balaban J connectivity index is 1.84. The first kappa shape index (κ1) is 15.1. The largest absolute Gasteiger partial charge is 0.332 e. The summed E-state index contributed by atoms with van der Waals surface area (Å²) in [6.45, 7) is 0.0319. The predicted octanol–water partition coefficient (Wildman–Crippen LogP) is 0.396. The van der Waals surface area contributed by atoms with Crippen molar-refractivity contribution in [1.29, 1.82) is 0 Å². The average molecular weight is 328 g/mol. The first-order valence-corrected chi connectivity index (χ1v) is 8.06. The molecule has 1 aliphatic heterocycles. The zero-order valence-electron chi connectivity index (χ0n) is 13.5. The average Bonchev–Trinajstić information content (AvgIpc) is 3.25. The Labute approximate surface area is 139 Å². The maximum absolute atomic E-state index is 12.4. The van der Waals surface area contributed by atoms with E-state index in [1.165, 1.54) is 17.5 Å². The van der Waals surface area contributed by atoms with Crippen LogP contribution in [0.15, 0.2) is 18.2 Å². The Hall–Kier alpha value is -2.45. The third-order valence-electron chi connectivity index (χ3n) is 4.57. The van der Waals surface area contributed by atoms with Crippen molar-refractivity contribution >= 4 is 23.3 Å². The van der Waals surface area contributed by atoms with E-state index in [0.717, 1.165) is 29.0 Å². The number of aromatic nitrogens is 2. The number of hydrogen-bond donors (Lipinski definition) is 2. The normalized spacial score (nSPS) is 18.5. The number of pyridine rings is 1. The van der Waals surface area contributed by atoms with Gasteiger partial charge in [-0.1, -0.05) is 0 Å². The van der Waals surface area contributed by atoms with Crippen LogP contribution >= 0.6 is 0 Å². The number of carbonyl (C=O) groups is 2. The van der Waals surface area contributed by atoms with E-state index < -0.39 is 6.17 Å². The molecule has 0 unspecified atom stereocenters. The van der Waals surface area contributed by atoms with Crippen LogP contribution in [0.25, 0.3) is 5.52 Å². The molecule has 2 aliphatic rings. The standard InChI is InChI=1S/C16H20N6O2/c1-20-15(23)8-21(16(20)24)14-5-10(9-2-3-9)4-12-6-11(7-13(17)18)19-22(12)14/h4-6,9,13H,2-3,7-8,17-18H2,1H3. The Morgan fingerprint density at radius 1 is 1.25 bits per heavy atom. The highest BCUT2D eigenvalue weighted by molar-refractivity contribution is 6.11. The third-order valence-corrected chi connectivity index (χ3v) is 4.57. The van der Waals surface area contributed by atoms with E-state index in [-0.39, 0.29) is 18.5 Å². The van der Waals surface area contributed by atoms with Gasteiger partial charge in [-0.05, 0) is 42.5 Å². The van der Waals surface area contributed by atoms with Crippen molar-refractivity contribution in [2.75, 3.05) is 18.5 Å². The number of nitrogens with two attached hydrogens (primary N) is 2. The summed E-state index contributed by atoms with van der Waals surface area (Å²) in [6.07, 6.45) is 2.27. The summed E-state index contributed by atoms with van der Waals surface area (Å²) in [7, 11) is 1.49.